The van der Waals surface area contributed by atoms with Crippen molar-refractivity contribution >= 4 is 17.8 Å². The van der Waals surface area contributed by atoms with Gasteiger partial charge in [-0.1, -0.05) is 54.6 Å². The fraction of sp³-hybridized carbons (Fsp3) is 0.286. The van der Waals surface area contributed by atoms with Crippen LogP contribution in [0.25, 0.3) is 0 Å². The first-order valence-corrected chi connectivity index (χ1v) is 12.0. The molecule has 1 heterocycles. The molecule has 34 heavy (non-hydrogen) atoms. The molecule has 0 saturated carbocycles. The van der Waals surface area contributed by atoms with Crippen molar-refractivity contribution in [3.05, 3.63) is 101 Å². The van der Waals surface area contributed by atoms with Crippen molar-refractivity contribution < 1.29 is 14.6 Å². The summed E-state index contributed by atoms with van der Waals surface area (Å²) in [6, 6.07) is 26.7. The maximum atomic E-state index is 12.4. The molecule has 1 saturated heterocycles. The largest absolute Gasteiger partial charge is 0.378 e. The molecule has 3 aromatic rings. The highest BCUT2D eigenvalue weighted by Crippen LogP contribution is 2.11. The third-order valence-corrected chi connectivity index (χ3v) is 6.42. The second kappa shape index (κ2) is 11.6. The number of piperazine rings is 1. The molecular formula is C28H35N5O+2. The van der Waals surface area contributed by atoms with Gasteiger partial charge in [0.15, 0.2) is 0 Å². The van der Waals surface area contributed by atoms with Crippen LogP contribution in [0.4, 0.5) is 5.69 Å². The molecule has 0 aliphatic carbocycles. The monoisotopic (exact) mass is 457 g/mol. The Morgan fingerprint density at radius 3 is 1.94 bits per heavy atom. The van der Waals surface area contributed by atoms with Gasteiger partial charge in [-0.3, -0.25) is 4.79 Å². The van der Waals surface area contributed by atoms with Gasteiger partial charge in [-0.15, -0.1) is 0 Å². The highest BCUT2D eigenvalue weighted by atomic mass is 16.2. The number of hydrogen-bond donors (Lipinski definition) is 3. The van der Waals surface area contributed by atoms with E-state index in [1.807, 2.05) is 55.4 Å². The van der Waals surface area contributed by atoms with Gasteiger partial charge in [-0.25, -0.2) is 5.43 Å². The molecular weight excluding hydrogens is 422 g/mol. The van der Waals surface area contributed by atoms with Gasteiger partial charge < -0.3 is 14.7 Å². The van der Waals surface area contributed by atoms with Gasteiger partial charge in [0.2, 0.25) is 0 Å². The zero-order chi connectivity index (χ0) is 23.8. The summed E-state index contributed by atoms with van der Waals surface area (Å²) in [5.74, 6) is -0.196. The predicted molar refractivity (Wildman–Crippen MR) is 138 cm³/mol. The molecule has 1 amide bonds. The van der Waals surface area contributed by atoms with Gasteiger partial charge in [0.1, 0.15) is 39.3 Å². The summed E-state index contributed by atoms with van der Waals surface area (Å²) in [6.45, 7) is 6.86. The molecule has 0 aromatic heterocycles. The lowest BCUT2D eigenvalue weighted by atomic mass is 10.1. The Morgan fingerprint density at radius 2 is 1.38 bits per heavy atom. The van der Waals surface area contributed by atoms with Crippen molar-refractivity contribution in [3.63, 3.8) is 0 Å². The minimum atomic E-state index is -0.196. The van der Waals surface area contributed by atoms with E-state index >= 15 is 0 Å². The number of hydrazone groups is 1. The predicted octanol–water partition coefficient (Wildman–Crippen LogP) is 1.00. The van der Waals surface area contributed by atoms with E-state index in [0.29, 0.717) is 5.56 Å². The molecule has 4 rings (SSSR count). The highest BCUT2D eigenvalue weighted by molar-refractivity contribution is 5.94. The highest BCUT2D eigenvalue weighted by Gasteiger charge is 2.23. The summed E-state index contributed by atoms with van der Waals surface area (Å²) in [5.41, 5.74) is 7.99. The topological polar surface area (TPSA) is 53.6 Å². The second-order valence-corrected chi connectivity index (χ2v) is 9.22. The number of amides is 1. The van der Waals surface area contributed by atoms with Crippen molar-refractivity contribution in [1.29, 1.82) is 0 Å². The van der Waals surface area contributed by atoms with Crippen molar-refractivity contribution in [3.8, 4) is 0 Å². The minimum Gasteiger partial charge on any atom is -0.378 e. The van der Waals surface area contributed by atoms with Gasteiger partial charge in [0.25, 0.3) is 5.91 Å². The zero-order valence-electron chi connectivity index (χ0n) is 20.1. The van der Waals surface area contributed by atoms with E-state index in [1.54, 1.807) is 16.0 Å². The number of hydrogen-bond acceptors (Lipinski definition) is 3. The fourth-order valence-corrected chi connectivity index (χ4v) is 4.35. The van der Waals surface area contributed by atoms with Gasteiger partial charge in [-0.05, 0) is 29.8 Å². The minimum absolute atomic E-state index is 0.196. The Morgan fingerprint density at radius 1 is 0.824 bits per heavy atom. The lowest BCUT2D eigenvalue weighted by Gasteiger charge is -2.29. The first-order chi connectivity index (χ1) is 16.6. The molecule has 1 aliphatic heterocycles. The molecule has 0 bridgehead atoms. The summed E-state index contributed by atoms with van der Waals surface area (Å²) in [7, 11) is 4.01. The molecule has 176 valence electrons. The maximum absolute atomic E-state index is 12.4. The summed E-state index contributed by atoms with van der Waals surface area (Å²) >= 11 is 0. The molecule has 1 fully saturated rings. The van der Waals surface area contributed by atoms with Gasteiger partial charge >= 0.3 is 0 Å². The van der Waals surface area contributed by atoms with Gasteiger partial charge in [0, 0.05) is 36.5 Å². The standard InChI is InChI=1S/C28H33N5O/c1-31(2)27-14-10-23(11-15-27)20-29-30-28(34)26-12-8-25(9-13-26)22-33-18-16-32(17-19-33)21-24-6-4-3-5-7-24/h3-15,20H,16-19,21-22H2,1-2H3,(H,30,34)/p+2/b29-20-. The Bertz CT molecular complexity index is 1070. The van der Waals surface area contributed by atoms with Crippen LogP contribution >= 0.6 is 0 Å². The van der Waals surface area contributed by atoms with Crippen molar-refractivity contribution in [2.24, 2.45) is 5.10 Å². The summed E-state index contributed by atoms with van der Waals surface area (Å²) in [5, 5.41) is 4.10. The molecule has 0 radical (unpaired) electrons. The number of benzene rings is 3. The Hall–Kier alpha value is -3.48. The summed E-state index contributed by atoms with van der Waals surface area (Å²) in [4.78, 5) is 17.7. The van der Waals surface area contributed by atoms with Gasteiger partial charge in [0.05, 0.1) is 6.21 Å². The molecule has 6 heteroatoms. The summed E-state index contributed by atoms with van der Waals surface area (Å²) < 4.78 is 0. The van der Waals surface area contributed by atoms with Gasteiger partial charge in [-0.2, -0.15) is 5.10 Å². The van der Waals surface area contributed by atoms with E-state index < -0.39 is 0 Å². The van der Waals surface area contributed by atoms with E-state index in [4.69, 9.17) is 0 Å². The quantitative estimate of drug-likeness (QED) is 0.349. The number of carbonyl (C=O) groups is 1. The summed E-state index contributed by atoms with van der Waals surface area (Å²) in [6.07, 6.45) is 1.66. The Balaban J connectivity index is 1.22. The van der Waals surface area contributed by atoms with E-state index in [1.165, 1.54) is 37.3 Å². The Labute approximate surface area is 202 Å². The average Bonchev–Trinajstić information content (AvgIpc) is 2.86. The van der Waals surface area contributed by atoms with Crippen LogP contribution in [0.15, 0.2) is 84.0 Å². The number of anilines is 1. The number of carbonyl (C=O) groups excluding carboxylic acids is 1. The van der Waals surface area contributed by atoms with Crippen LogP contribution < -0.4 is 20.1 Å². The lowest BCUT2D eigenvalue weighted by Crippen LogP contribution is -3.27. The number of rotatable bonds is 8. The van der Waals surface area contributed by atoms with Crippen LogP contribution in [0.2, 0.25) is 0 Å². The lowest BCUT2D eigenvalue weighted by molar-refractivity contribution is -1.02. The number of quaternary nitrogens is 2. The third-order valence-electron chi connectivity index (χ3n) is 6.42. The Kier molecular flexibility index (Phi) is 8.07. The van der Waals surface area contributed by atoms with Crippen LogP contribution in [0.3, 0.4) is 0 Å². The van der Waals surface area contributed by atoms with Crippen LogP contribution in [-0.4, -0.2) is 52.4 Å². The first-order valence-electron chi connectivity index (χ1n) is 12.0. The number of nitrogens with zero attached hydrogens (tertiary/aromatic N) is 2. The first kappa shape index (κ1) is 23.7. The van der Waals surface area contributed by atoms with Crippen LogP contribution in [0, 0.1) is 0 Å². The molecule has 3 aromatic carbocycles. The fourth-order valence-electron chi connectivity index (χ4n) is 4.35. The smallest absolute Gasteiger partial charge is 0.271 e. The van der Waals surface area contributed by atoms with Crippen molar-refractivity contribution in [2.45, 2.75) is 13.1 Å². The van der Waals surface area contributed by atoms with Crippen LogP contribution in [-0.2, 0) is 13.1 Å². The van der Waals surface area contributed by atoms with E-state index in [0.717, 1.165) is 24.3 Å². The normalized spacial score (nSPS) is 18.1. The van der Waals surface area contributed by atoms with Crippen molar-refractivity contribution in [1.82, 2.24) is 5.43 Å². The molecule has 3 N–H and O–H groups in total. The molecule has 0 atom stereocenters. The molecule has 0 unspecified atom stereocenters. The zero-order valence-corrected chi connectivity index (χ0v) is 20.1. The van der Waals surface area contributed by atoms with Crippen LogP contribution in [0.1, 0.15) is 27.0 Å². The SMILES string of the molecule is CN(C)c1ccc(/C=N\NC(=O)c2ccc(C[NH+]3CC[NH+](Cc4ccccc4)CC3)cc2)cc1. The molecule has 1 aliphatic rings. The molecule has 6 nitrogen and oxygen atoms in total. The molecule has 0 spiro atoms. The third kappa shape index (κ3) is 6.76. The maximum Gasteiger partial charge on any atom is 0.271 e. The van der Waals surface area contributed by atoms with E-state index in [-0.39, 0.29) is 5.91 Å². The second-order valence-electron chi connectivity index (χ2n) is 9.22. The average molecular weight is 458 g/mol. The van der Waals surface area contributed by atoms with Crippen molar-refractivity contribution in [2.75, 3.05) is 45.2 Å². The number of nitrogens with one attached hydrogen (secondary N) is 3. The van der Waals surface area contributed by atoms with E-state index in [9.17, 15) is 4.79 Å². The van der Waals surface area contributed by atoms with Crippen LogP contribution in [0.5, 0.6) is 0 Å². The van der Waals surface area contributed by atoms with E-state index in [2.05, 4.69) is 53.0 Å².